The van der Waals surface area contributed by atoms with Crippen LogP contribution in [0.2, 0.25) is 0 Å². The summed E-state index contributed by atoms with van der Waals surface area (Å²) in [7, 11) is 0. The lowest BCUT2D eigenvalue weighted by Crippen LogP contribution is -2.48. The zero-order valence-corrected chi connectivity index (χ0v) is 16.5. The number of amides is 1. The van der Waals surface area contributed by atoms with Crippen LogP contribution in [-0.2, 0) is 4.79 Å². The van der Waals surface area contributed by atoms with Gasteiger partial charge in [0.25, 0.3) is 0 Å². The number of carbonyl (C=O) groups excluding carboxylic acids is 1. The van der Waals surface area contributed by atoms with Gasteiger partial charge in [0.15, 0.2) is 5.65 Å². The number of carbonyl (C=O) groups is 1. The molecule has 1 fully saturated rings. The third-order valence-corrected chi connectivity index (χ3v) is 5.68. The van der Waals surface area contributed by atoms with Gasteiger partial charge >= 0.3 is 0 Å². The predicted molar refractivity (Wildman–Crippen MR) is 114 cm³/mol. The number of benzene rings is 1. The van der Waals surface area contributed by atoms with E-state index in [0.717, 1.165) is 53.9 Å². The molecule has 0 radical (unpaired) electrons. The Kier molecular flexibility index (Phi) is 4.16. The molecule has 0 unspecified atom stereocenters. The average Bonchev–Trinajstić information content (AvgIpc) is 3.18. The first-order chi connectivity index (χ1) is 14.1. The van der Waals surface area contributed by atoms with Gasteiger partial charge in [0.1, 0.15) is 0 Å². The van der Waals surface area contributed by atoms with Crippen molar-refractivity contribution in [2.45, 2.75) is 13.8 Å². The molecule has 0 spiro atoms. The maximum absolute atomic E-state index is 11.6. The summed E-state index contributed by atoms with van der Waals surface area (Å²) in [6.45, 7) is 6.99. The van der Waals surface area contributed by atoms with E-state index in [0.29, 0.717) is 5.65 Å². The van der Waals surface area contributed by atoms with E-state index in [-0.39, 0.29) is 5.91 Å². The van der Waals surface area contributed by atoms with Crippen LogP contribution in [0, 0.1) is 6.92 Å². The number of aromatic nitrogens is 4. The SMILES string of the molecule is CC(=O)N1CCN(c2ccc3nc(-c4[nH]nc5ncccc45)cc(C)c3c2)CC1. The summed E-state index contributed by atoms with van der Waals surface area (Å²) in [4.78, 5) is 25.0. The molecule has 1 aliphatic heterocycles. The fraction of sp³-hybridized carbons (Fsp3) is 0.273. The number of anilines is 1. The summed E-state index contributed by atoms with van der Waals surface area (Å²) in [5, 5.41) is 9.48. The standard InChI is InChI=1S/C22H22N6O/c1-14-12-20(21-17-4-3-7-23-22(17)26-25-21)24-19-6-5-16(13-18(14)19)28-10-8-27(9-11-28)15(2)29/h3-7,12-13H,8-11H2,1-2H3,(H,23,25,26). The van der Waals surface area contributed by atoms with Crippen molar-refractivity contribution in [2.24, 2.45) is 0 Å². The molecule has 146 valence electrons. The Balaban J connectivity index is 1.49. The molecule has 1 aliphatic rings. The lowest BCUT2D eigenvalue weighted by Gasteiger charge is -2.35. The summed E-state index contributed by atoms with van der Waals surface area (Å²) in [5.41, 5.74) is 5.76. The number of rotatable bonds is 2. The van der Waals surface area contributed by atoms with E-state index in [1.807, 2.05) is 17.0 Å². The van der Waals surface area contributed by atoms with Crippen LogP contribution in [0.3, 0.4) is 0 Å². The van der Waals surface area contributed by atoms with Crippen LogP contribution in [-0.4, -0.2) is 57.2 Å². The summed E-state index contributed by atoms with van der Waals surface area (Å²) >= 11 is 0. The van der Waals surface area contributed by atoms with E-state index in [2.05, 4.69) is 51.3 Å². The fourth-order valence-corrected chi connectivity index (χ4v) is 4.03. The van der Waals surface area contributed by atoms with Crippen molar-refractivity contribution < 1.29 is 4.79 Å². The molecule has 0 saturated carbocycles. The first-order valence-electron chi connectivity index (χ1n) is 9.81. The molecule has 1 saturated heterocycles. The van der Waals surface area contributed by atoms with Crippen LogP contribution in [0.4, 0.5) is 5.69 Å². The Morgan fingerprint density at radius 3 is 2.69 bits per heavy atom. The monoisotopic (exact) mass is 386 g/mol. The summed E-state index contributed by atoms with van der Waals surface area (Å²) < 4.78 is 0. The zero-order valence-electron chi connectivity index (χ0n) is 16.5. The van der Waals surface area contributed by atoms with Crippen molar-refractivity contribution in [3.8, 4) is 11.4 Å². The average molecular weight is 386 g/mol. The Labute approximate surface area is 168 Å². The van der Waals surface area contributed by atoms with Gasteiger partial charge in [-0.25, -0.2) is 9.97 Å². The number of fused-ring (bicyclic) bond motifs is 2. The molecule has 0 aliphatic carbocycles. The number of H-pyrrole nitrogens is 1. The Hall–Kier alpha value is -3.48. The maximum atomic E-state index is 11.6. The van der Waals surface area contributed by atoms with Crippen LogP contribution >= 0.6 is 0 Å². The minimum absolute atomic E-state index is 0.150. The van der Waals surface area contributed by atoms with Gasteiger partial charge in [-0.2, -0.15) is 5.10 Å². The molecule has 1 N–H and O–H groups in total. The normalized spacial score (nSPS) is 14.7. The van der Waals surface area contributed by atoms with Crippen molar-refractivity contribution in [3.05, 3.63) is 48.2 Å². The molecule has 1 aromatic carbocycles. The second-order valence-electron chi connectivity index (χ2n) is 7.49. The number of piperazine rings is 1. The van der Waals surface area contributed by atoms with E-state index in [1.54, 1.807) is 13.1 Å². The lowest BCUT2D eigenvalue weighted by atomic mass is 10.1. The molecule has 4 aromatic rings. The van der Waals surface area contributed by atoms with Gasteiger partial charge in [-0.05, 0) is 48.9 Å². The lowest BCUT2D eigenvalue weighted by molar-refractivity contribution is -0.129. The molecule has 5 rings (SSSR count). The molecule has 4 heterocycles. The van der Waals surface area contributed by atoms with Gasteiger partial charge in [0.2, 0.25) is 5.91 Å². The zero-order chi connectivity index (χ0) is 20.0. The summed E-state index contributed by atoms with van der Waals surface area (Å²) in [6, 6.07) is 12.4. The maximum Gasteiger partial charge on any atom is 0.219 e. The number of hydrogen-bond donors (Lipinski definition) is 1. The predicted octanol–water partition coefficient (Wildman–Crippen LogP) is 3.15. The minimum atomic E-state index is 0.150. The van der Waals surface area contributed by atoms with Crippen LogP contribution in [0.15, 0.2) is 42.6 Å². The first kappa shape index (κ1) is 17.6. The van der Waals surface area contributed by atoms with E-state index in [9.17, 15) is 4.79 Å². The van der Waals surface area contributed by atoms with E-state index < -0.39 is 0 Å². The van der Waals surface area contributed by atoms with Crippen LogP contribution in [0.5, 0.6) is 0 Å². The Morgan fingerprint density at radius 1 is 1.07 bits per heavy atom. The van der Waals surface area contributed by atoms with Gasteiger partial charge in [-0.3, -0.25) is 9.89 Å². The van der Waals surface area contributed by atoms with Crippen LogP contribution in [0.25, 0.3) is 33.3 Å². The van der Waals surface area contributed by atoms with Gasteiger partial charge in [0, 0.05) is 55.8 Å². The number of aryl methyl sites for hydroxylation is 1. The number of aromatic amines is 1. The van der Waals surface area contributed by atoms with Gasteiger partial charge in [0.05, 0.1) is 16.9 Å². The Morgan fingerprint density at radius 2 is 1.90 bits per heavy atom. The number of nitrogens with zero attached hydrogens (tertiary/aromatic N) is 5. The summed E-state index contributed by atoms with van der Waals surface area (Å²) in [6.07, 6.45) is 1.74. The quantitative estimate of drug-likeness (QED) is 0.573. The van der Waals surface area contributed by atoms with Crippen LogP contribution < -0.4 is 4.90 Å². The minimum Gasteiger partial charge on any atom is -0.368 e. The van der Waals surface area contributed by atoms with Gasteiger partial charge in [-0.15, -0.1) is 0 Å². The number of pyridine rings is 2. The van der Waals surface area contributed by atoms with E-state index in [1.165, 1.54) is 11.3 Å². The first-order valence-corrected chi connectivity index (χ1v) is 9.81. The highest BCUT2D eigenvalue weighted by Gasteiger charge is 2.19. The molecule has 7 heteroatoms. The number of nitrogens with one attached hydrogen (secondary N) is 1. The smallest absolute Gasteiger partial charge is 0.219 e. The van der Waals surface area contributed by atoms with Crippen LogP contribution in [0.1, 0.15) is 12.5 Å². The molecule has 1 amide bonds. The topological polar surface area (TPSA) is 78.0 Å². The molecular weight excluding hydrogens is 364 g/mol. The third kappa shape index (κ3) is 3.08. The van der Waals surface area contributed by atoms with E-state index in [4.69, 9.17) is 4.98 Å². The van der Waals surface area contributed by atoms with Crippen molar-refractivity contribution in [3.63, 3.8) is 0 Å². The van der Waals surface area contributed by atoms with Crippen molar-refractivity contribution >= 4 is 33.5 Å². The molecule has 0 bridgehead atoms. The highest BCUT2D eigenvalue weighted by atomic mass is 16.2. The molecule has 0 atom stereocenters. The largest absolute Gasteiger partial charge is 0.368 e. The van der Waals surface area contributed by atoms with E-state index >= 15 is 0 Å². The van der Waals surface area contributed by atoms with Gasteiger partial charge < -0.3 is 9.80 Å². The van der Waals surface area contributed by atoms with Crippen molar-refractivity contribution in [1.29, 1.82) is 0 Å². The molecule has 29 heavy (non-hydrogen) atoms. The highest BCUT2D eigenvalue weighted by molar-refractivity contribution is 5.93. The summed E-state index contributed by atoms with van der Waals surface area (Å²) in [5.74, 6) is 0.150. The highest BCUT2D eigenvalue weighted by Crippen LogP contribution is 2.30. The molecular formula is C22H22N6O. The fourth-order valence-electron chi connectivity index (χ4n) is 4.03. The third-order valence-electron chi connectivity index (χ3n) is 5.68. The molecule has 3 aromatic heterocycles. The molecule has 7 nitrogen and oxygen atoms in total. The number of hydrogen-bond acceptors (Lipinski definition) is 5. The Bertz CT molecular complexity index is 1220. The van der Waals surface area contributed by atoms with Crippen molar-refractivity contribution in [2.75, 3.05) is 31.1 Å². The second-order valence-corrected chi connectivity index (χ2v) is 7.49. The van der Waals surface area contributed by atoms with Crippen molar-refractivity contribution in [1.82, 2.24) is 25.1 Å². The van der Waals surface area contributed by atoms with Gasteiger partial charge in [-0.1, -0.05) is 0 Å². The second kappa shape index (κ2) is 6.84.